The summed E-state index contributed by atoms with van der Waals surface area (Å²) >= 11 is 1.52. The van der Waals surface area contributed by atoms with Crippen LogP contribution in [0.5, 0.6) is 0 Å². The van der Waals surface area contributed by atoms with E-state index in [4.69, 9.17) is 9.47 Å². The van der Waals surface area contributed by atoms with Crippen LogP contribution in [0.3, 0.4) is 0 Å². The van der Waals surface area contributed by atoms with Gasteiger partial charge in [0.25, 0.3) is 0 Å². The summed E-state index contributed by atoms with van der Waals surface area (Å²) in [5, 5.41) is 48.8. The maximum Gasteiger partial charge on any atom is 0.177 e. The monoisotopic (exact) mass is 428 g/mol. The van der Waals surface area contributed by atoms with E-state index in [0.717, 1.165) is 6.42 Å². The third kappa shape index (κ3) is 1.73. The summed E-state index contributed by atoms with van der Waals surface area (Å²) in [6.45, 7) is 9.68. The fraction of sp³-hybridized carbons (Fsp3) is 1.00. The van der Waals surface area contributed by atoms with Crippen molar-refractivity contribution in [3.63, 3.8) is 0 Å². The molecule has 7 heteroatoms. The lowest BCUT2D eigenvalue weighted by Crippen LogP contribution is -2.77. The maximum atomic E-state index is 12.5. The molecule has 29 heavy (non-hydrogen) atoms. The van der Waals surface area contributed by atoms with E-state index in [2.05, 4.69) is 6.92 Å². The third-order valence-corrected chi connectivity index (χ3v) is 10.7. The Morgan fingerprint density at radius 3 is 2.41 bits per heavy atom. The van der Waals surface area contributed by atoms with Crippen LogP contribution in [0.2, 0.25) is 0 Å². The van der Waals surface area contributed by atoms with Crippen molar-refractivity contribution < 1.29 is 29.9 Å². The average Bonchev–Trinajstić information content (AvgIpc) is 3.02. The molecule has 1 saturated heterocycles. The SMILES string of the molecule is CSCO[C@@H]1[C@@H]2[C@@]3(O)[C@@H]4O[C@@](O)(C[C@@]2(C)[C@@]2(O)CC[C@@H](C)[C@@H]42)[C@@]3(C)[C@@]1(O)C(C)C. The zero-order valence-electron chi connectivity index (χ0n) is 18.3. The summed E-state index contributed by atoms with van der Waals surface area (Å²) in [5.74, 6) is -2.28. The number of ether oxygens (including phenoxy) is 2. The van der Waals surface area contributed by atoms with Gasteiger partial charge in [0.05, 0.1) is 29.2 Å². The molecule has 166 valence electrons. The summed E-state index contributed by atoms with van der Waals surface area (Å²) < 4.78 is 12.6. The molecule has 0 aromatic carbocycles. The van der Waals surface area contributed by atoms with Crippen molar-refractivity contribution in [2.24, 2.45) is 34.5 Å². The molecule has 4 aliphatic carbocycles. The van der Waals surface area contributed by atoms with Crippen LogP contribution in [0.25, 0.3) is 0 Å². The van der Waals surface area contributed by atoms with E-state index in [1.807, 2.05) is 27.0 Å². The van der Waals surface area contributed by atoms with Crippen LogP contribution >= 0.6 is 11.8 Å². The van der Waals surface area contributed by atoms with E-state index in [9.17, 15) is 20.4 Å². The highest BCUT2D eigenvalue weighted by Crippen LogP contribution is 2.84. The Morgan fingerprint density at radius 2 is 1.83 bits per heavy atom. The molecule has 0 amide bonds. The summed E-state index contributed by atoms with van der Waals surface area (Å²) in [6.07, 6.45) is 2.17. The van der Waals surface area contributed by atoms with Crippen molar-refractivity contribution in [3.05, 3.63) is 0 Å². The van der Waals surface area contributed by atoms with Gasteiger partial charge in [0.1, 0.15) is 11.2 Å². The van der Waals surface area contributed by atoms with E-state index in [1.54, 1.807) is 6.92 Å². The van der Waals surface area contributed by atoms with Gasteiger partial charge >= 0.3 is 0 Å². The Morgan fingerprint density at radius 1 is 1.17 bits per heavy atom. The molecule has 5 aliphatic rings. The van der Waals surface area contributed by atoms with Crippen molar-refractivity contribution in [1.82, 2.24) is 0 Å². The van der Waals surface area contributed by atoms with Gasteiger partial charge in [-0.2, -0.15) is 0 Å². The molecule has 0 radical (unpaired) electrons. The van der Waals surface area contributed by atoms with Crippen LogP contribution in [-0.2, 0) is 9.47 Å². The van der Waals surface area contributed by atoms with E-state index >= 15 is 0 Å². The molecule has 4 N–H and O–H groups in total. The van der Waals surface area contributed by atoms with Crippen LogP contribution in [0.4, 0.5) is 0 Å². The van der Waals surface area contributed by atoms with Gasteiger partial charge in [0.15, 0.2) is 5.79 Å². The minimum Gasteiger partial charge on any atom is -0.389 e. The van der Waals surface area contributed by atoms with Crippen LogP contribution < -0.4 is 0 Å². The van der Waals surface area contributed by atoms with E-state index in [-0.39, 0.29) is 24.2 Å². The van der Waals surface area contributed by atoms with Crippen LogP contribution in [0, 0.1) is 34.5 Å². The molecular weight excluding hydrogens is 392 g/mol. The molecule has 1 aliphatic heterocycles. The first-order valence-electron chi connectivity index (χ1n) is 11.0. The fourth-order valence-electron chi connectivity index (χ4n) is 9.07. The van der Waals surface area contributed by atoms with Crippen molar-refractivity contribution in [2.45, 2.75) is 88.7 Å². The Labute approximate surface area is 177 Å². The second-order valence-corrected chi connectivity index (χ2v) is 12.1. The Balaban J connectivity index is 1.82. The van der Waals surface area contributed by atoms with Crippen LogP contribution in [-0.4, -0.2) is 67.4 Å². The predicted molar refractivity (Wildman–Crippen MR) is 109 cm³/mol. The molecule has 11 atom stereocenters. The molecule has 5 rings (SSSR count). The van der Waals surface area contributed by atoms with Crippen molar-refractivity contribution >= 4 is 11.8 Å². The fourth-order valence-corrected chi connectivity index (χ4v) is 9.35. The molecule has 0 aromatic rings. The number of hydrogen-bond acceptors (Lipinski definition) is 7. The first kappa shape index (κ1) is 21.0. The Kier molecular flexibility index (Phi) is 4.00. The number of rotatable bonds is 4. The van der Waals surface area contributed by atoms with Gasteiger partial charge in [-0.3, -0.25) is 0 Å². The van der Waals surface area contributed by atoms with Gasteiger partial charge in [-0.25, -0.2) is 0 Å². The molecule has 6 nitrogen and oxygen atoms in total. The zero-order valence-corrected chi connectivity index (χ0v) is 19.1. The first-order chi connectivity index (χ1) is 13.3. The van der Waals surface area contributed by atoms with E-state index in [0.29, 0.717) is 12.4 Å². The summed E-state index contributed by atoms with van der Waals surface area (Å²) in [4.78, 5) is 0. The minimum absolute atomic E-state index is 0.164. The second kappa shape index (κ2) is 5.53. The maximum absolute atomic E-state index is 12.5. The van der Waals surface area contributed by atoms with Gasteiger partial charge < -0.3 is 29.9 Å². The smallest absolute Gasteiger partial charge is 0.177 e. The van der Waals surface area contributed by atoms with Gasteiger partial charge in [0, 0.05) is 23.7 Å². The van der Waals surface area contributed by atoms with Gasteiger partial charge in [-0.1, -0.05) is 27.7 Å². The largest absolute Gasteiger partial charge is 0.389 e. The highest BCUT2D eigenvalue weighted by molar-refractivity contribution is 7.98. The lowest BCUT2D eigenvalue weighted by Gasteiger charge is -2.64. The Hall–Kier alpha value is 0.110. The molecule has 0 unspecified atom stereocenters. The quantitative estimate of drug-likeness (QED) is 0.506. The molecular formula is C22H36O6S. The summed E-state index contributed by atoms with van der Waals surface area (Å²) in [5.41, 5.74) is -6.19. The average molecular weight is 429 g/mol. The molecule has 1 heterocycles. The highest BCUT2D eigenvalue weighted by Gasteiger charge is 2.97. The van der Waals surface area contributed by atoms with Crippen molar-refractivity contribution in [1.29, 1.82) is 0 Å². The molecule has 4 saturated carbocycles. The van der Waals surface area contributed by atoms with E-state index < -0.39 is 51.5 Å². The second-order valence-electron chi connectivity index (χ2n) is 11.3. The standard InChI is InChI=1S/C22H36O6S/c1-11(2)21(25)16(27-10-29-6)14-17(4)9-20(24)18(21,5)22(14,26)15(28-20)13-12(3)7-8-19(13,17)23/h11-16,23-26H,7-10H2,1-6H3/t12-,13+,14+,15-,16-,17-,18+,19-,20+,21-,22-/m1/s1. The molecule has 0 spiro atoms. The topological polar surface area (TPSA) is 99.4 Å². The normalized spacial score (nSPS) is 64.9. The minimum atomic E-state index is -1.73. The summed E-state index contributed by atoms with van der Waals surface area (Å²) in [7, 11) is 0. The molecule has 0 aromatic heterocycles. The first-order valence-corrected chi connectivity index (χ1v) is 12.4. The summed E-state index contributed by atoms with van der Waals surface area (Å²) in [6, 6.07) is 0. The zero-order chi connectivity index (χ0) is 21.4. The highest BCUT2D eigenvalue weighted by atomic mass is 32.2. The lowest BCUT2D eigenvalue weighted by atomic mass is 9.41. The van der Waals surface area contributed by atoms with Crippen LogP contribution in [0.15, 0.2) is 0 Å². The van der Waals surface area contributed by atoms with E-state index in [1.165, 1.54) is 11.8 Å². The van der Waals surface area contributed by atoms with Crippen molar-refractivity contribution in [2.75, 3.05) is 12.2 Å². The number of hydrogen-bond donors (Lipinski definition) is 4. The van der Waals surface area contributed by atoms with Gasteiger partial charge in [-0.15, -0.1) is 11.8 Å². The predicted octanol–water partition coefficient (Wildman–Crippen LogP) is 1.73. The van der Waals surface area contributed by atoms with Gasteiger partial charge in [-0.05, 0) is 37.9 Å². The van der Waals surface area contributed by atoms with Gasteiger partial charge in [0.2, 0.25) is 0 Å². The third-order valence-electron chi connectivity index (χ3n) is 10.3. The lowest BCUT2D eigenvalue weighted by molar-refractivity contribution is -0.320. The number of aliphatic hydroxyl groups is 4. The number of thioether (sulfide) groups is 1. The molecule has 5 bridgehead atoms. The Bertz CT molecular complexity index is 749. The van der Waals surface area contributed by atoms with Crippen LogP contribution in [0.1, 0.15) is 53.9 Å². The molecule has 5 fully saturated rings. The van der Waals surface area contributed by atoms with Crippen molar-refractivity contribution in [3.8, 4) is 0 Å². The number of fused-ring (bicyclic) bond motifs is 3.